The first-order valence-electron chi connectivity index (χ1n) is 7.47. The molecule has 2 aromatic heterocycles. The predicted molar refractivity (Wildman–Crippen MR) is 84.4 cm³/mol. The van der Waals surface area contributed by atoms with Crippen molar-refractivity contribution in [3.63, 3.8) is 0 Å². The minimum absolute atomic E-state index is 0.256. The molecule has 0 aromatic carbocycles. The van der Waals surface area contributed by atoms with Crippen LogP contribution in [0.25, 0.3) is 12.4 Å². The molecular weight excluding hydrogens is 300 g/mol. The number of unbranched alkanes of at least 4 members (excludes halogenated alkanes) is 2. The molecule has 0 spiro atoms. The summed E-state index contributed by atoms with van der Waals surface area (Å²) in [5.41, 5.74) is -0.512. The van der Waals surface area contributed by atoms with Crippen molar-refractivity contribution in [2.45, 2.75) is 46.2 Å². The molecule has 0 saturated heterocycles. The van der Waals surface area contributed by atoms with Crippen LogP contribution in [0.5, 0.6) is 0 Å². The number of tetrazole rings is 2. The first-order valence-corrected chi connectivity index (χ1v) is 7.47. The van der Waals surface area contributed by atoms with E-state index in [-0.39, 0.29) is 11.4 Å². The van der Waals surface area contributed by atoms with Crippen molar-refractivity contribution in [2.24, 2.45) is 0 Å². The molecule has 23 heavy (non-hydrogen) atoms. The lowest BCUT2D eigenvalue weighted by Gasteiger charge is -2.00. The topological polar surface area (TPSA) is 105 Å². The smallest absolute Gasteiger partial charge is 0.244 e. The van der Waals surface area contributed by atoms with Crippen LogP contribution in [0.15, 0.2) is 21.7 Å². The molecular formula is C13H20N8O2. The maximum Gasteiger partial charge on any atom is 0.367 e. The molecule has 0 amide bonds. The maximum atomic E-state index is 11.8. The van der Waals surface area contributed by atoms with Gasteiger partial charge < -0.3 is 0 Å². The second-order valence-electron chi connectivity index (χ2n) is 4.88. The Morgan fingerprint density at radius 3 is 1.57 bits per heavy atom. The summed E-state index contributed by atoms with van der Waals surface area (Å²) < 4.78 is 5.04. The fourth-order valence-electron chi connectivity index (χ4n) is 2.02. The molecule has 2 aromatic rings. The molecule has 0 radical (unpaired) electrons. The predicted octanol–water partition coefficient (Wildman–Crippen LogP) is 0.0447. The average Bonchev–Trinajstić information content (AvgIpc) is 3.06. The molecule has 2 heterocycles. The van der Waals surface area contributed by atoms with Gasteiger partial charge in [0.15, 0.2) is 0 Å². The molecule has 2 rings (SSSR count). The third kappa shape index (κ3) is 4.11. The first kappa shape index (κ1) is 16.6. The lowest BCUT2D eigenvalue weighted by atomic mass is 10.2. The number of allylic oxidation sites excluding steroid dienone is 2. The monoisotopic (exact) mass is 320 g/mol. The Labute approximate surface area is 132 Å². The van der Waals surface area contributed by atoms with E-state index in [9.17, 15) is 9.59 Å². The van der Waals surface area contributed by atoms with Gasteiger partial charge in [-0.05, 0) is 54.0 Å². The van der Waals surface area contributed by atoms with Crippen LogP contribution in [0.1, 0.15) is 33.1 Å². The summed E-state index contributed by atoms with van der Waals surface area (Å²) >= 11 is 0. The van der Waals surface area contributed by atoms with Gasteiger partial charge in [0.2, 0.25) is 0 Å². The summed E-state index contributed by atoms with van der Waals surface area (Å²) in [5.74, 6) is 0. The Hall–Kier alpha value is -2.78. The Morgan fingerprint density at radius 1 is 0.739 bits per heavy atom. The van der Waals surface area contributed by atoms with Crippen LogP contribution in [0.3, 0.4) is 0 Å². The average molecular weight is 320 g/mol. The molecule has 0 aliphatic heterocycles. The minimum Gasteiger partial charge on any atom is -0.244 e. The lowest BCUT2D eigenvalue weighted by Crippen LogP contribution is -2.23. The molecule has 0 aliphatic rings. The van der Waals surface area contributed by atoms with Gasteiger partial charge >= 0.3 is 11.4 Å². The minimum atomic E-state index is -0.256. The van der Waals surface area contributed by atoms with Crippen LogP contribution in [0.2, 0.25) is 0 Å². The highest BCUT2D eigenvalue weighted by molar-refractivity contribution is 5.16. The normalized spacial score (nSPS) is 11.9. The molecule has 0 atom stereocenters. The highest BCUT2D eigenvalue weighted by atomic mass is 16.2. The SMILES string of the molecule is C/C=C\n1nnn(CCCCCn2nnn(/C=C/C)c2=O)c1=O. The highest BCUT2D eigenvalue weighted by Crippen LogP contribution is 1.98. The van der Waals surface area contributed by atoms with Crippen LogP contribution >= 0.6 is 0 Å². The molecule has 0 fully saturated rings. The summed E-state index contributed by atoms with van der Waals surface area (Å²) in [6, 6.07) is 0. The van der Waals surface area contributed by atoms with Crippen molar-refractivity contribution in [1.82, 2.24) is 39.6 Å². The summed E-state index contributed by atoms with van der Waals surface area (Å²) in [6.07, 6.45) is 8.95. The van der Waals surface area contributed by atoms with E-state index in [1.807, 2.05) is 0 Å². The number of aryl methyl sites for hydroxylation is 2. The van der Waals surface area contributed by atoms with Gasteiger partial charge in [-0.2, -0.15) is 18.7 Å². The Bertz CT molecular complexity index is 725. The Morgan fingerprint density at radius 2 is 1.17 bits per heavy atom. The highest BCUT2D eigenvalue weighted by Gasteiger charge is 2.05. The van der Waals surface area contributed by atoms with Crippen molar-refractivity contribution >= 4 is 12.4 Å². The quantitative estimate of drug-likeness (QED) is 0.636. The van der Waals surface area contributed by atoms with E-state index in [0.29, 0.717) is 13.1 Å². The van der Waals surface area contributed by atoms with Crippen LogP contribution in [0, 0.1) is 0 Å². The van der Waals surface area contributed by atoms with Gasteiger partial charge in [0, 0.05) is 25.5 Å². The van der Waals surface area contributed by atoms with Gasteiger partial charge in [-0.15, -0.1) is 0 Å². The molecule has 0 N–H and O–H groups in total. The fourth-order valence-corrected chi connectivity index (χ4v) is 2.02. The van der Waals surface area contributed by atoms with Crippen molar-refractivity contribution in [2.75, 3.05) is 0 Å². The van der Waals surface area contributed by atoms with Gasteiger partial charge in [0.1, 0.15) is 0 Å². The molecule has 0 aliphatic carbocycles. The zero-order valence-electron chi connectivity index (χ0n) is 13.2. The Kier molecular flexibility index (Phi) is 5.78. The Balaban J connectivity index is 1.78. The molecule has 10 nitrogen and oxygen atoms in total. The van der Waals surface area contributed by atoms with Gasteiger partial charge in [0.25, 0.3) is 0 Å². The number of nitrogens with zero attached hydrogens (tertiary/aromatic N) is 8. The number of rotatable bonds is 8. The van der Waals surface area contributed by atoms with Crippen LogP contribution < -0.4 is 11.4 Å². The van der Waals surface area contributed by atoms with Gasteiger partial charge in [-0.3, -0.25) is 0 Å². The van der Waals surface area contributed by atoms with Crippen molar-refractivity contribution < 1.29 is 0 Å². The van der Waals surface area contributed by atoms with E-state index >= 15 is 0 Å². The van der Waals surface area contributed by atoms with E-state index in [1.54, 1.807) is 38.4 Å². The van der Waals surface area contributed by atoms with Crippen LogP contribution in [-0.4, -0.2) is 39.6 Å². The summed E-state index contributed by atoms with van der Waals surface area (Å²) in [5, 5.41) is 15.1. The third-order valence-electron chi connectivity index (χ3n) is 3.14. The van der Waals surface area contributed by atoms with Gasteiger partial charge in [-0.1, -0.05) is 12.2 Å². The number of hydrogen-bond donors (Lipinski definition) is 0. The second kappa shape index (κ2) is 8.01. The van der Waals surface area contributed by atoms with Crippen molar-refractivity contribution in [1.29, 1.82) is 0 Å². The largest absolute Gasteiger partial charge is 0.367 e. The van der Waals surface area contributed by atoms with Crippen LogP contribution in [-0.2, 0) is 13.1 Å². The van der Waals surface area contributed by atoms with Gasteiger partial charge in [0.05, 0.1) is 0 Å². The van der Waals surface area contributed by atoms with Crippen molar-refractivity contribution in [3.05, 3.63) is 33.1 Å². The van der Waals surface area contributed by atoms with E-state index in [2.05, 4.69) is 20.9 Å². The standard InChI is InChI=1S/C13H20N8O2/c1-3-8-18-12(22)20(16-14-18)10-6-5-7-11-21-13(23)19(9-4-2)15-17-21/h3-4,8-9H,5-7,10-11H2,1-2H3/b8-3-,9-4+. The number of aromatic nitrogens is 8. The second-order valence-corrected chi connectivity index (χ2v) is 4.88. The number of hydrogen-bond acceptors (Lipinski definition) is 6. The van der Waals surface area contributed by atoms with Crippen molar-refractivity contribution in [3.8, 4) is 0 Å². The molecule has 124 valence electrons. The van der Waals surface area contributed by atoms with Gasteiger partial charge in [-0.25, -0.2) is 9.59 Å². The van der Waals surface area contributed by atoms with E-state index in [4.69, 9.17) is 0 Å². The third-order valence-corrected chi connectivity index (χ3v) is 3.14. The van der Waals surface area contributed by atoms with E-state index in [0.717, 1.165) is 19.3 Å². The molecule has 10 heteroatoms. The lowest BCUT2D eigenvalue weighted by molar-refractivity contribution is 0.478. The van der Waals surface area contributed by atoms with E-state index < -0.39 is 0 Å². The van der Waals surface area contributed by atoms with E-state index in [1.165, 1.54) is 18.7 Å². The molecule has 0 saturated carbocycles. The van der Waals surface area contributed by atoms with Crippen LogP contribution in [0.4, 0.5) is 0 Å². The maximum absolute atomic E-state index is 11.8. The summed E-state index contributed by atoms with van der Waals surface area (Å²) in [4.78, 5) is 23.7. The summed E-state index contributed by atoms with van der Waals surface area (Å²) in [7, 11) is 0. The zero-order chi connectivity index (χ0) is 16.7. The molecule has 0 unspecified atom stereocenters. The molecule has 0 bridgehead atoms. The first-order chi connectivity index (χ1) is 11.2. The zero-order valence-corrected chi connectivity index (χ0v) is 13.2. The fraction of sp³-hybridized carbons (Fsp3) is 0.538. The summed E-state index contributed by atoms with van der Waals surface area (Å²) in [6.45, 7) is 4.60.